The van der Waals surface area contributed by atoms with E-state index in [1.54, 1.807) is 6.26 Å². The second-order valence-electron chi connectivity index (χ2n) is 9.78. The summed E-state index contributed by atoms with van der Waals surface area (Å²) < 4.78 is 7.62. The number of hydrogen-bond acceptors (Lipinski definition) is 5. The highest BCUT2D eigenvalue weighted by Crippen LogP contribution is 2.37. The molecule has 0 aliphatic carbocycles. The van der Waals surface area contributed by atoms with E-state index in [4.69, 9.17) is 4.42 Å². The summed E-state index contributed by atoms with van der Waals surface area (Å²) in [5.74, 6) is 2.17. The fourth-order valence-corrected chi connectivity index (χ4v) is 5.85. The van der Waals surface area contributed by atoms with Gasteiger partial charge in [-0.25, -0.2) is 0 Å². The molecule has 30 heavy (non-hydrogen) atoms. The first-order valence-corrected chi connectivity index (χ1v) is 11.4. The summed E-state index contributed by atoms with van der Waals surface area (Å²) in [5.41, 5.74) is 2.42. The molecule has 2 saturated heterocycles. The van der Waals surface area contributed by atoms with Crippen molar-refractivity contribution in [3.05, 3.63) is 57.9 Å². The molecule has 3 aliphatic heterocycles. The third-order valence-corrected chi connectivity index (χ3v) is 7.23. The van der Waals surface area contributed by atoms with Crippen molar-refractivity contribution >= 4 is 0 Å². The number of likely N-dealkylation sites (tertiary alicyclic amines) is 2. The molecule has 0 saturated carbocycles. The van der Waals surface area contributed by atoms with Crippen molar-refractivity contribution in [3.63, 3.8) is 0 Å². The maximum Gasteiger partial charge on any atom is 0.255 e. The molecule has 5 rings (SSSR count). The van der Waals surface area contributed by atoms with Gasteiger partial charge < -0.3 is 13.9 Å². The van der Waals surface area contributed by atoms with E-state index < -0.39 is 0 Å². The van der Waals surface area contributed by atoms with Crippen LogP contribution < -0.4 is 5.56 Å². The van der Waals surface area contributed by atoms with E-state index in [0.29, 0.717) is 17.9 Å². The zero-order chi connectivity index (χ0) is 20.7. The van der Waals surface area contributed by atoms with Gasteiger partial charge in [0.1, 0.15) is 5.76 Å². The van der Waals surface area contributed by atoms with Gasteiger partial charge in [-0.3, -0.25) is 14.6 Å². The summed E-state index contributed by atoms with van der Waals surface area (Å²) in [6, 6.07) is 9.02. The fraction of sp³-hybridized carbons (Fsp3) is 0.625. The van der Waals surface area contributed by atoms with Crippen LogP contribution in [0.1, 0.15) is 42.2 Å². The summed E-state index contributed by atoms with van der Waals surface area (Å²) in [6.45, 7) is 7.06. The molecule has 0 radical (unpaired) electrons. The Morgan fingerprint density at radius 1 is 1.10 bits per heavy atom. The molecule has 2 aromatic heterocycles. The van der Waals surface area contributed by atoms with Crippen LogP contribution in [0.25, 0.3) is 0 Å². The minimum absolute atomic E-state index is 0.232. The van der Waals surface area contributed by atoms with Crippen molar-refractivity contribution in [1.29, 1.82) is 0 Å². The number of pyridine rings is 1. The highest BCUT2D eigenvalue weighted by Gasteiger charge is 2.38. The average molecular weight is 411 g/mol. The molecule has 2 bridgehead atoms. The van der Waals surface area contributed by atoms with Gasteiger partial charge in [-0.1, -0.05) is 6.07 Å². The van der Waals surface area contributed by atoms with Gasteiger partial charge in [0.25, 0.3) is 5.56 Å². The Hall–Kier alpha value is -1.89. The van der Waals surface area contributed by atoms with Gasteiger partial charge >= 0.3 is 0 Å². The summed E-state index contributed by atoms with van der Waals surface area (Å²) in [6.07, 6.45) is 5.46. The van der Waals surface area contributed by atoms with Gasteiger partial charge in [0, 0.05) is 62.5 Å². The van der Waals surface area contributed by atoms with E-state index >= 15 is 0 Å². The molecule has 0 aromatic carbocycles. The number of rotatable bonds is 5. The molecule has 2 atom stereocenters. The van der Waals surface area contributed by atoms with Crippen LogP contribution in [-0.2, 0) is 19.6 Å². The molecule has 2 aromatic rings. The van der Waals surface area contributed by atoms with Crippen molar-refractivity contribution in [3.8, 4) is 0 Å². The highest BCUT2D eigenvalue weighted by atomic mass is 16.3. The maximum absolute atomic E-state index is 13.0. The van der Waals surface area contributed by atoms with E-state index in [1.165, 1.54) is 25.0 Å². The lowest BCUT2D eigenvalue weighted by Gasteiger charge is -2.47. The standard InChI is InChI=1S/C24H34N4O2/c1-25(2)15-19-5-6-23-20-12-18(14-28(23)24(19)29)13-27(16-20)21-7-9-26(10-8-21)17-22-4-3-11-30-22/h3-6,11,18,20-21H,7-10,12-17H2,1-2H3/t18-,20+/m0/s1. The van der Waals surface area contributed by atoms with Crippen LogP contribution in [0.3, 0.4) is 0 Å². The van der Waals surface area contributed by atoms with Crippen LogP contribution in [0.2, 0.25) is 0 Å². The number of furan rings is 1. The summed E-state index contributed by atoms with van der Waals surface area (Å²) >= 11 is 0. The zero-order valence-corrected chi connectivity index (χ0v) is 18.3. The predicted molar refractivity (Wildman–Crippen MR) is 118 cm³/mol. The Morgan fingerprint density at radius 2 is 1.93 bits per heavy atom. The normalized spacial score (nSPS) is 25.6. The molecule has 2 fully saturated rings. The Bertz CT molecular complexity index is 912. The maximum atomic E-state index is 13.0. The van der Waals surface area contributed by atoms with E-state index in [0.717, 1.165) is 57.1 Å². The second-order valence-corrected chi connectivity index (χ2v) is 9.78. The third-order valence-electron chi connectivity index (χ3n) is 7.23. The molecule has 0 N–H and O–H groups in total. The molecular weight excluding hydrogens is 376 g/mol. The van der Waals surface area contributed by atoms with E-state index in [2.05, 4.69) is 37.5 Å². The number of nitrogens with zero attached hydrogens (tertiary/aromatic N) is 4. The first-order chi connectivity index (χ1) is 14.6. The summed E-state index contributed by atoms with van der Waals surface area (Å²) in [5, 5.41) is 0. The third kappa shape index (κ3) is 4.01. The minimum atomic E-state index is 0.232. The number of fused-ring (bicyclic) bond motifs is 4. The SMILES string of the molecule is CN(C)Cc1ccc2n(c1=O)C[C@H]1C[C@@H]2CN(C2CCN(Cc3ccco3)CC2)C1. The quantitative estimate of drug-likeness (QED) is 0.758. The van der Waals surface area contributed by atoms with Gasteiger partial charge in [0.15, 0.2) is 0 Å². The van der Waals surface area contributed by atoms with Crippen molar-refractivity contribution in [2.24, 2.45) is 5.92 Å². The van der Waals surface area contributed by atoms with Gasteiger partial charge in [-0.2, -0.15) is 0 Å². The van der Waals surface area contributed by atoms with Crippen LogP contribution in [-0.4, -0.2) is 65.6 Å². The Balaban J connectivity index is 1.24. The Morgan fingerprint density at radius 3 is 2.67 bits per heavy atom. The molecule has 0 amide bonds. The van der Waals surface area contributed by atoms with E-state index in [-0.39, 0.29) is 5.56 Å². The molecule has 162 valence electrons. The van der Waals surface area contributed by atoms with Crippen molar-refractivity contribution < 1.29 is 4.42 Å². The van der Waals surface area contributed by atoms with Gasteiger partial charge in [0.05, 0.1) is 12.8 Å². The Labute approximate surface area is 179 Å². The van der Waals surface area contributed by atoms with Crippen molar-refractivity contribution in [2.45, 2.75) is 50.9 Å². The van der Waals surface area contributed by atoms with Crippen molar-refractivity contribution in [1.82, 2.24) is 19.3 Å². The highest BCUT2D eigenvalue weighted by molar-refractivity contribution is 5.22. The molecule has 6 heteroatoms. The van der Waals surface area contributed by atoms with Crippen molar-refractivity contribution in [2.75, 3.05) is 40.3 Å². The molecule has 6 nitrogen and oxygen atoms in total. The Kier molecular flexibility index (Phi) is 5.56. The van der Waals surface area contributed by atoms with E-state index in [1.807, 2.05) is 20.2 Å². The summed E-state index contributed by atoms with van der Waals surface area (Å²) in [7, 11) is 4.05. The molecule has 5 heterocycles. The second kappa shape index (κ2) is 8.33. The van der Waals surface area contributed by atoms with E-state index in [9.17, 15) is 4.79 Å². The fourth-order valence-electron chi connectivity index (χ4n) is 5.85. The largest absolute Gasteiger partial charge is 0.468 e. The van der Waals surface area contributed by atoms with Crippen LogP contribution in [0.15, 0.2) is 39.7 Å². The lowest BCUT2D eigenvalue weighted by atomic mass is 9.81. The van der Waals surface area contributed by atoms with Gasteiger partial charge in [-0.05, 0) is 57.5 Å². The first kappa shape index (κ1) is 20.0. The van der Waals surface area contributed by atoms with Crippen LogP contribution in [0, 0.1) is 5.92 Å². The monoisotopic (exact) mass is 410 g/mol. The smallest absolute Gasteiger partial charge is 0.255 e. The average Bonchev–Trinajstić information content (AvgIpc) is 3.24. The molecule has 0 unspecified atom stereocenters. The number of hydrogen-bond donors (Lipinski definition) is 0. The van der Waals surface area contributed by atoms with Crippen LogP contribution >= 0.6 is 0 Å². The lowest BCUT2D eigenvalue weighted by Crippen LogP contribution is -2.53. The molecule has 0 spiro atoms. The van der Waals surface area contributed by atoms with Crippen LogP contribution in [0.4, 0.5) is 0 Å². The van der Waals surface area contributed by atoms with Gasteiger partial charge in [-0.15, -0.1) is 0 Å². The molecular formula is C24H34N4O2. The summed E-state index contributed by atoms with van der Waals surface area (Å²) in [4.78, 5) is 20.4. The first-order valence-electron chi connectivity index (χ1n) is 11.4. The minimum Gasteiger partial charge on any atom is -0.468 e. The van der Waals surface area contributed by atoms with Gasteiger partial charge in [0.2, 0.25) is 0 Å². The number of aromatic nitrogens is 1. The number of piperidine rings is 2. The van der Waals surface area contributed by atoms with Crippen LogP contribution in [0.5, 0.6) is 0 Å². The zero-order valence-electron chi connectivity index (χ0n) is 18.3. The molecule has 3 aliphatic rings. The lowest BCUT2D eigenvalue weighted by molar-refractivity contribution is 0.0439. The predicted octanol–water partition coefficient (Wildman–Crippen LogP) is 2.59. The topological polar surface area (TPSA) is 44.9 Å².